The first kappa shape index (κ1) is 4.72. The molecular weight excluding hydrogens is 104 g/mol. The topological polar surface area (TPSA) is 0 Å². The number of hydrogen-bond acceptors (Lipinski definition) is 0. The summed E-state index contributed by atoms with van der Waals surface area (Å²) in [5, 5.41) is 2.04. The van der Waals surface area contributed by atoms with E-state index in [0.29, 0.717) is 0 Å². The third-order valence-electron chi connectivity index (χ3n) is 0.816. The minimum atomic E-state index is 0.991. The van der Waals surface area contributed by atoms with Crippen LogP contribution in [0.15, 0.2) is 23.6 Å². The highest BCUT2D eigenvalue weighted by atomic mass is 32.1. The molecule has 0 aromatic carbocycles. The minimum Gasteiger partial charge on any atom is -0.0903 e. The molecule has 1 heterocycles. The summed E-state index contributed by atoms with van der Waals surface area (Å²) in [6.07, 6.45) is 0.991. The van der Waals surface area contributed by atoms with Gasteiger partial charge in [-0.2, -0.15) is 0 Å². The Labute approximate surface area is 47.5 Å². The van der Waals surface area contributed by atoms with Crippen LogP contribution >= 0.6 is 0 Å². The average Bonchev–Trinajstić information content (AvgIpc) is 1.87. The van der Waals surface area contributed by atoms with Crippen LogP contribution in [0.1, 0.15) is 6.42 Å². The van der Waals surface area contributed by atoms with Crippen LogP contribution in [0.3, 0.4) is 0 Å². The van der Waals surface area contributed by atoms with Gasteiger partial charge in [0.1, 0.15) is 0 Å². The van der Waals surface area contributed by atoms with E-state index >= 15 is 0 Å². The van der Waals surface area contributed by atoms with Crippen molar-refractivity contribution in [3.8, 4) is 0 Å². The molecule has 7 heavy (non-hydrogen) atoms. The van der Waals surface area contributed by atoms with E-state index in [4.69, 9.17) is 0 Å². The molecule has 0 saturated carbocycles. The Bertz CT molecular complexity index is 126. The second kappa shape index (κ2) is 1.58. The van der Waals surface area contributed by atoms with Crippen molar-refractivity contribution in [2.75, 3.05) is 0 Å². The predicted molar refractivity (Wildman–Crippen MR) is 36.3 cm³/mol. The zero-order valence-electron chi connectivity index (χ0n) is 4.11. The minimum absolute atomic E-state index is 0.991. The van der Waals surface area contributed by atoms with Gasteiger partial charge < -0.3 is 0 Å². The summed E-state index contributed by atoms with van der Waals surface area (Å²) in [4.78, 5) is 1.21. The van der Waals surface area contributed by atoms with Gasteiger partial charge in [0.2, 0.25) is 16.3 Å². The second-order valence-corrected chi connectivity index (χ2v) is 2.66. The molecule has 0 aromatic rings. The Hall–Kier alpha value is -0.430. The molecule has 0 aromatic heterocycles. The summed E-state index contributed by atoms with van der Waals surface area (Å²) >= 11 is 1.69. The molecule has 1 heteroatoms. The van der Waals surface area contributed by atoms with Gasteiger partial charge in [0.25, 0.3) is 0 Å². The van der Waals surface area contributed by atoms with Crippen molar-refractivity contribution < 1.29 is 0 Å². The van der Waals surface area contributed by atoms with Crippen molar-refractivity contribution in [1.82, 2.24) is 0 Å². The van der Waals surface area contributed by atoms with E-state index in [1.54, 1.807) is 11.4 Å². The number of rotatable bonds is 0. The van der Waals surface area contributed by atoms with Gasteiger partial charge in [0, 0.05) is 5.57 Å². The Balaban J connectivity index is 2.76. The second-order valence-electron chi connectivity index (χ2n) is 1.61. The highest BCUT2D eigenvalue weighted by Crippen LogP contribution is 2.10. The van der Waals surface area contributed by atoms with Crippen LogP contribution in [-0.4, -0.2) is 5.37 Å². The van der Waals surface area contributed by atoms with E-state index in [1.165, 1.54) is 10.5 Å². The normalized spacial score (nSPS) is 18.9. The molecule has 0 aliphatic carbocycles. The summed E-state index contributed by atoms with van der Waals surface area (Å²) in [6.45, 7) is 7.54. The maximum Gasteiger partial charge on any atom is 0.214 e. The molecular formula is C6H7S+. The molecule has 36 valence electrons. The third kappa shape index (κ3) is 0.967. The Kier molecular flexibility index (Phi) is 1.07. The Morgan fingerprint density at radius 2 is 2.29 bits per heavy atom. The van der Waals surface area contributed by atoms with Crippen LogP contribution in [0.25, 0.3) is 0 Å². The molecule has 0 saturated heterocycles. The van der Waals surface area contributed by atoms with E-state index in [-0.39, 0.29) is 0 Å². The van der Waals surface area contributed by atoms with E-state index in [9.17, 15) is 0 Å². The van der Waals surface area contributed by atoms with Crippen molar-refractivity contribution in [2.45, 2.75) is 6.42 Å². The van der Waals surface area contributed by atoms with Gasteiger partial charge in [-0.1, -0.05) is 6.58 Å². The average molecular weight is 111 g/mol. The SMILES string of the molecule is C=C1C=[S+]C(=C)C1. The highest BCUT2D eigenvalue weighted by Gasteiger charge is 2.13. The van der Waals surface area contributed by atoms with Crippen molar-refractivity contribution >= 4 is 16.7 Å². The lowest BCUT2D eigenvalue weighted by Crippen LogP contribution is -1.68. The first-order chi connectivity index (χ1) is 3.29. The lowest BCUT2D eigenvalue weighted by molar-refractivity contribution is 1.35. The fraction of sp³-hybridized carbons (Fsp3) is 0.167. The van der Waals surface area contributed by atoms with E-state index in [0.717, 1.165) is 6.42 Å². The Morgan fingerprint density at radius 1 is 1.57 bits per heavy atom. The summed E-state index contributed by atoms with van der Waals surface area (Å²) in [6, 6.07) is 0. The van der Waals surface area contributed by atoms with Gasteiger partial charge in [-0.25, -0.2) is 0 Å². The van der Waals surface area contributed by atoms with Crippen LogP contribution in [-0.2, 0) is 11.4 Å². The number of allylic oxidation sites excluding steroid dienone is 2. The van der Waals surface area contributed by atoms with Gasteiger partial charge in [-0.15, -0.1) is 0 Å². The first-order valence-corrected chi connectivity index (χ1v) is 3.02. The zero-order chi connectivity index (χ0) is 5.28. The predicted octanol–water partition coefficient (Wildman–Crippen LogP) is 1.34. The first-order valence-electron chi connectivity index (χ1n) is 2.14. The fourth-order valence-electron chi connectivity index (χ4n) is 0.503. The van der Waals surface area contributed by atoms with Crippen molar-refractivity contribution in [2.24, 2.45) is 0 Å². The van der Waals surface area contributed by atoms with Crippen molar-refractivity contribution in [3.05, 3.63) is 23.6 Å². The summed E-state index contributed by atoms with van der Waals surface area (Å²) in [5.74, 6) is 0. The van der Waals surface area contributed by atoms with Gasteiger partial charge in [0.15, 0.2) is 5.37 Å². The molecule has 0 N–H and O–H groups in total. The third-order valence-corrected chi connectivity index (χ3v) is 1.75. The largest absolute Gasteiger partial charge is 0.214 e. The van der Waals surface area contributed by atoms with Crippen molar-refractivity contribution in [1.29, 1.82) is 0 Å². The molecule has 1 rings (SSSR count). The van der Waals surface area contributed by atoms with Crippen LogP contribution in [0.2, 0.25) is 0 Å². The van der Waals surface area contributed by atoms with Crippen LogP contribution in [0.5, 0.6) is 0 Å². The molecule has 1 aliphatic heterocycles. The van der Waals surface area contributed by atoms with Gasteiger partial charge in [-0.3, -0.25) is 0 Å². The molecule has 1 aliphatic rings. The van der Waals surface area contributed by atoms with E-state index in [1.807, 2.05) is 5.37 Å². The number of hydrogen-bond donors (Lipinski definition) is 0. The highest BCUT2D eigenvalue weighted by molar-refractivity contribution is 7.82. The molecule has 0 radical (unpaired) electrons. The van der Waals surface area contributed by atoms with E-state index in [2.05, 4.69) is 13.2 Å². The smallest absolute Gasteiger partial charge is 0.0903 e. The fourth-order valence-corrected chi connectivity index (χ4v) is 1.19. The van der Waals surface area contributed by atoms with Gasteiger partial charge in [0.05, 0.1) is 6.42 Å². The van der Waals surface area contributed by atoms with Crippen LogP contribution < -0.4 is 0 Å². The quantitative estimate of drug-likeness (QED) is 0.251. The van der Waals surface area contributed by atoms with E-state index < -0.39 is 0 Å². The Morgan fingerprint density at radius 3 is 2.43 bits per heavy atom. The maximum atomic E-state index is 3.78. The maximum absolute atomic E-state index is 3.78. The zero-order valence-corrected chi connectivity index (χ0v) is 4.92. The molecule has 0 fully saturated rings. The van der Waals surface area contributed by atoms with Crippen molar-refractivity contribution in [3.63, 3.8) is 0 Å². The summed E-state index contributed by atoms with van der Waals surface area (Å²) in [5.41, 5.74) is 1.19. The molecule has 0 atom stereocenters. The summed E-state index contributed by atoms with van der Waals surface area (Å²) < 4.78 is 0. The standard InChI is InChI=1S/C6H7S/c1-5-3-6(2)7-4-5/h4H,1-3H2/q+1. The van der Waals surface area contributed by atoms with Gasteiger partial charge >= 0.3 is 0 Å². The van der Waals surface area contributed by atoms with Crippen LogP contribution in [0, 0.1) is 0 Å². The lowest BCUT2D eigenvalue weighted by Gasteiger charge is -1.72. The molecule has 0 unspecified atom stereocenters. The lowest BCUT2D eigenvalue weighted by atomic mass is 10.2. The molecule has 0 bridgehead atoms. The summed E-state index contributed by atoms with van der Waals surface area (Å²) in [7, 11) is 0. The van der Waals surface area contributed by atoms with Crippen LogP contribution in [0.4, 0.5) is 0 Å². The molecule has 0 amide bonds. The molecule has 0 spiro atoms. The molecule has 0 nitrogen and oxygen atoms in total. The van der Waals surface area contributed by atoms with Gasteiger partial charge in [-0.05, 0) is 6.58 Å². The monoisotopic (exact) mass is 111 g/mol.